The molecule has 1 aromatic heterocycles. The molecule has 23 heavy (non-hydrogen) atoms. The number of nitrogens with two attached hydrogens (primary N) is 1. The van der Waals surface area contributed by atoms with Crippen LogP contribution in [0.25, 0.3) is 17.0 Å². The summed E-state index contributed by atoms with van der Waals surface area (Å²) in [5.74, 6) is -0.722. The van der Waals surface area contributed by atoms with Crippen molar-refractivity contribution in [3.63, 3.8) is 0 Å². The number of nitrogens with zero attached hydrogens (tertiary/aromatic N) is 1. The second kappa shape index (κ2) is 5.91. The van der Waals surface area contributed by atoms with Gasteiger partial charge in [-0.1, -0.05) is 31.0 Å². The van der Waals surface area contributed by atoms with Crippen molar-refractivity contribution in [3.8, 4) is 0 Å². The smallest absolute Gasteiger partial charge is 0.244 e. The molecule has 0 atom stereocenters. The number of fused-ring (bicyclic) bond motifs is 1. The summed E-state index contributed by atoms with van der Waals surface area (Å²) in [5, 5.41) is 3.90. The molecule has 0 spiro atoms. The number of primary amides is 1. The highest BCUT2D eigenvalue weighted by atomic mass is 16.2. The topological polar surface area (TPSA) is 77.1 Å². The van der Waals surface area contributed by atoms with E-state index < -0.39 is 11.4 Å². The van der Waals surface area contributed by atoms with Gasteiger partial charge in [-0.2, -0.15) is 0 Å². The van der Waals surface area contributed by atoms with E-state index in [0.717, 1.165) is 29.3 Å². The lowest BCUT2D eigenvalue weighted by atomic mass is 9.96. The van der Waals surface area contributed by atoms with Gasteiger partial charge in [0.1, 0.15) is 5.54 Å². The maximum atomic E-state index is 12.2. The van der Waals surface area contributed by atoms with Crippen LogP contribution in [0.2, 0.25) is 0 Å². The number of hydrogen-bond acceptors (Lipinski definition) is 2. The van der Waals surface area contributed by atoms with Crippen LogP contribution < -0.4 is 11.1 Å². The predicted molar refractivity (Wildman–Crippen MR) is 90.5 cm³/mol. The molecule has 0 aliphatic heterocycles. The lowest BCUT2D eigenvalue weighted by molar-refractivity contribution is -0.129. The Hall–Kier alpha value is -2.56. The summed E-state index contributed by atoms with van der Waals surface area (Å²) in [6, 6.07) is 8.02. The molecule has 0 saturated heterocycles. The van der Waals surface area contributed by atoms with Crippen LogP contribution in [-0.2, 0) is 16.6 Å². The van der Waals surface area contributed by atoms with Crippen LogP contribution in [0.15, 0.2) is 36.5 Å². The Morgan fingerprint density at radius 3 is 2.65 bits per heavy atom. The highest BCUT2D eigenvalue weighted by Gasteiger charge is 2.40. The standard InChI is InChI=1S/C18H21N3O2/c1-21-12-13(14-6-2-3-7-15(14)21)8-9-16(22)20-18(17(19)23)10-4-5-11-18/h2-3,6-9,12H,4-5,10-11H2,1H3,(H2,19,23)(H,20,22). The molecule has 2 amide bonds. The lowest BCUT2D eigenvalue weighted by Gasteiger charge is -2.25. The van der Waals surface area contributed by atoms with Crippen LogP contribution in [0, 0.1) is 0 Å². The number of aromatic nitrogens is 1. The summed E-state index contributed by atoms with van der Waals surface area (Å²) in [5.41, 5.74) is 6.69. The third-order valence-corrected chi connectivity index (χ3v) is 4.63. The summed E-state index contributed by atoms with van der Waals surface area (Å²) >= 11 is 0. The molecule has 1 fully saturated rings. The van der Waals surface area contributed by atoms with E-state index >= 15 is 0 Å². The molecule has 5 nitrogen and oxygen atoms in total. The molecule has 0 bridgehead atoms. The van der Waals surface area contributed by atoms with Crippen LogP contribution in [0.1, 0.15) is 31.2 Å². The Bertz CT molecular complexity index is 783. The van der Waals surface area contributed by atoms with Gasteiger partial charge in [0.2, 0.25) is 11.8 Å². The Morgan fingerprint density at radius 2 is 1.96 bits per heavy atom. The van der Waals surface area contributed by atoms with Crippen LogP contribution >= 0.6 is 0 Å². The fourth-order valence-electron chi connectivity index (χ4n) is 3.36. The summed E-state index contributed by atoms with van der Waals surface area (Å²) in [6.07, 6.45) is 8.30. The maximum absolute atomic E-state index is 12.2. The molecule has 1 aromatic carbocycles. The van der Waals surface area contributed by atoms with Gasteiger partial charge in [-0.05, 0) is 25.0 Å². The zero-order chi connectivity index (χ0) is 16.4. The van der Waals surface area contributed by atoms with Crippen molar-refractivity contribution in [3.05, 3.63) is 42.1 Å². The molecule has 3 N–H and O–H groups in total. The minimum Gasteiger partial charge on any atom is -0.368 e. The van der Waals surface area contributed by atoms with Crippen molar-refractivity contribution in [2.24, 2.45) is 12.8 Å². The van der Waals surface area contributed by atoms with E-state index in [1.54, 1.807) is 6.08 Å². The van der Waals surface area contributed by atoms with Crippen LogP contribution in [0.5, 0.6) is 0 Å². The van der Waals surface area contributed by atoms with Gasteiger partial charge in [0, 0.05) is 35.8 Å². The van der Waals surface area contributed by atoms with Gasteiger partial charge in [-0.3, -0.25) is 9.59 Å². The monoisotopic (exact) mass is 311 g/mol. The highest BCUT2D eigenvalue weighted by Crippen LogP contribution is 2.29. The first-order valence-electron chi connectivity index (χ1n) is 7.86. The number of para-hydroxylation sites is 1. The van der Waals surface area contributed by atoms with E-state index in [9.17, 15) is 9.59 Å². The van der Waals surface area contributed by atoms with Crippen molar-refractivity contribution < 1.29 is 9.59 Å². The van der Waals surface area contributed by atoms with Crippen molar-refractivity contribution in [2.75, 3.05) is 0 Å². The molecule has 1 aliphatic rings. The summed E-state index contributed by atoms with van der Waals surface area (Å²) in [7, 11) is 1.97. The largest absolute Gasteiger partial charge is 0.368 e. The number of rotatable bonds is 4. The van der Waals surface area contributed by atoms with Gasteiger partial charge in [0.05, 0.1) is 0 Å². The minimum absolute atomic E-state index is 0.279. The second-order valence-corrected chi connectivity index (χ2v) is 6.19. The summed E-state index contributed by atoms with van der Waals surface area (Å²) in [4.78, 5) is 23.9. The Balaban J connectivity index is 1.79. The van der Waals surface area contributed by atoms with Crippen molar-refractivity contribution >= 4 is 28.8 Å². The summed E-state index contributed by atoms with van der Waals surface area (Å²) < 4.78 is 2.02. The van der Waals surface area contributed by atoms with E-state index in [4.69, 9.17) is 5.73 Å². The first kappa shape index (κ1) is 15.3. The van der Waals surface area contributed by atoms with Crippen molar-refractivity contribution in [1.29, 1.82) is 0 Å². The molecule has 2 aromatic rings. The number of amides is 2. The molecule has 120 valence electrons. The number of benzene rings is 1. The number of aryl methyl sites for hydroxylation is 1. The SMILES string of the molecule is Cn1cc(C=CC(=O)NC2(C(N)=O)CCCC2)c2ccccc21. The third kappa shape index (κ3) is 2.86. The normalized spacial score (nSPS) is 16.9. The third-order valence-electron chi connectivity index (χ3n) is 4.63. The lowest BCUT2D eigenvalue weighted by Crippen LogP contribution is -2.55. The van der Waals surface area contributed by atoms with E-state index in [-0.39, 0.29) is 5.91 Å². The number of hydrogen-bond donors (Lipinski definition) is 2. The number of carbonyl (C=O) groups excluding carboxylic acids is 2. The Kier molecular flexibility index (Phi) is 3.94. The average molecular weight is 311 g/mol. The minimum atomic E-state index is -0.875. The van der Waals surface area contributed by atoms with Crippen LogP contribution in [0.3, 0.4) is 0 Å². The average Bonchev–Trinajstić information content (AvgIpc) is 3.12. The van der Waals surface area contributed by atoms with Gasteiger partial charge in [-0.25, -0.2) is 0 Å². The van der Waals surface area contributed by atoms with Crippen molar-refractivity contribution in [2.45, 2.75) is 31.2 Å². The molecular formula is C18H21N3O2. The maximum Gasteiger partial charge on any atom is 0.244 e. The molecular weight excluding hydrogens is 290 g/mol. The number of carbonyl (C=O) groups is 2. The molecule has 0 unspecified atom stereocenters. The fourth-order valence-corrected chi connectivity index (χ4v) is 3.36. The van der Waals surface area contributed by atoms with E-state index in [0.29, 0.717) is 12.8 Å². The highest BCUT2D eigenvalue weighted by molar-refractivity contribution is 5.99. The zero-order valence-corrected chi connectivity index (χ0v) is 13.2. The first-order chi connectivity index (χ1) is 11.0. The van der Waals surface area contributed by atoms with Crippen LogP contribution in [-0.4, -0.2) is 21.9 Å². The molecule has 1 aliphatic carbocycles. The van der Waals surface area contributed by atoms with Crippen LogP contribution in [0.4, 0.5) is 0 Å². The fraction of sp³-hybridized carbons (Fsp3) is 0.333. The van der Waals surface area contributed by atoms with Gasteiger partial charge in [0.15, 0.2) is 0 Å². The Labute approximate surface area is 135 Å². The van der Waals surface area contributed by atoms with E-state index in [1.165, 1.54) is 6.08 Å². The first-order valence-corrected chi connectivity index (χ1v) is 7.86. The Morgan fingerprint density at radius 1 is 1.26 bits per heavy atom. The quantitative estimate of drug-likeness (QED) is 0.848. The molecule has 5 heteroatoms. The van der Waals surface area contributed by atoms with E-state index in [2.05, 4.69) is 5.32 Å². The second-order valence-electron chi connectivity index (χ2n) is 6.19. The molecule has 3 rings (SSSR count). The van der Waals surface area contributed by atoms with Gasteiger partial charge in [-0.15, -0.1) is 0 Å². The molecule has 1 saturated carbocycles. The van der Waals surface area contributed by atoms with Gasteiger partial charge >= 0.3 is 0 Å². The number of nitrogens with one attached hydrogen (secondary N) is 1. The molecule has 1 heterocycles. The predicted octanol–water partition coefficient (Wildman–Crippen LogP) is 2.11. The zero-order valence-electron chi connectivity index (χ0n) is 13.2. The van der Waals surface area contributed by atoms with E-state index in [1.807, 2.05) is 42.1 Å². The van der Waals surface area contributed by atoms with Crippen molar-refractivity contribution in [1.82, 2.24) is 9.88 Å². The van der Waals surface area contributed by atoms with Gasteiger partial charge in [0.25, 0.3) is 0 Å². The summed E-state index contributed by atoms with van der Waals surface area (Å²) in [6.45, 7) is 0. The van der Waals surface area contributed by atoms with Gasteiger partial charge < -0.3 is 15.6 Å². The molecule has 0 radical (unpaired) electrons.